The van der Waals surface area contributed by atoms with Crippen LogP contribution in [0.15, 0.2) is 22.0 Å². The van der Waals surface area contributed by atoms with E-state index in [1.165, 1.54) is 6.07 Å². The van der Waals surface area contributed by atoms with E-state index in [4.69, 9.17) is 0 Å². The lowest BCUT2D eigenvalue weighted by molar-refractivity contribution is 0.103. The number of aryl methyl sites for hydroxylation is 1. The summed E-state index contributed by atoms with van der Waals surface area (Å²) in [4.78, 5) is 12.1. The lowest BCUT2D eigenvalue weighted by atomic mass is 10.1. The summed E-state index contributed by atoms with van der Waals surface area (Å²) in [5, 5.41) is 0. The third kappa shape index (κ3) is 2.35. The highest BCUT2D eigenvalue weighted by atomic mass is 79.9. The van der Waals surface area contributed by atoms with Crippen LogP contribution in [0.25, 0.3) is 0 Å². The van der Waals surface area contributed by atoms with Crippen molar-refractivity contribution in [3.63, 3.8) is 0 Å². The molecule has 0 spiro atoms. The Bertz CT molecular complexity index is 594. The van der Waals surface area contributed by atoms with Crippen LogP contribution in [0.1, 0.15) is 20.8 Å². The van der Waals surface area contributed by atoms with Gasteiger partial charge < -0.3 is 0 Å². The Labute approximate surface area is 113 Å². The molecule has 18 heavy (non-hydrogen) atoms. The maximum absolute atomic E-state index is 13.4. The van der Waals surface area contributed by atoms with Crippen molar-refractivity contribution in [1.29, 1.82) is 0 Å². The minimum absolute atomic E-state index is 0.198. The van der Waals surface area contributed by atoms with Crippen LogP contribution in [0.3, 0.4) is 0 Å². The average molecular weight is 335 g/mol. The predicted molar refractivity (Wildman–Crippen MR) is 66.5 cm³/mol. The number of hydrogen-bond acceptors (Lipinski definition) is 2. The number of ketones is 1. The summed E-state index contributed by atoms with van der Waals surface area (Å²) in [7, 11) is 0. The van der Waals surface area contributed by atoms with Crippen LogP contribution in [0.2, 0.25) is 0 Å². The molecule has 1 nitrogen and oxygen atoms in total. The summed E-state index contributed by atoms with van der Waals surface area (Å²) in [6.07, 6.45) is 0. The van der Waals surface area contributed by atoms with Crippen LogP contribution in [-0.2, 0) is 0 Å². The van der Waals surface area contributed by atoms with Crippen molar-refractivity contribution in [3.8, 4) is 0 Å². The van der Waals surface area contributed by atoms with Gasteiger partial charge in [0.2, 0.25) is 5.78 Å². The molecule has 1 heterocycles. The molecule has 0 radical (unpaired) electrons. The topological polar surface area (TPSA) is 17.1 Å². The predicted octanol–water partition coefficient (Wildman–Crippen LogP) is 4.47. The van der Waals surface area contributed by atoms with E-state index in [1.807, 2.05) is 0 Å². The second kappa shape index (κ2) is 4.85. The average Bonchev–Trinajstić information content (AvgIpc) is 2.57. The van der Waals surface area contributed by atoms with E-state index < -0.39 is 28.8 Å². The van der Waals surface area contributed by atoms with Gasteiger partial charge in [0.15, 0.2) is 0 Å². The molecule has 2 aromatic rings. The van der Waals surface area contributed by atoms with Crippen LogP contribution in [0, 0.1) is 24.4 Å². The van der Waals surface area contributed by atoms with E-state index >= 15 is 0 Å². The molecule has 0 amide bonds. The highest BCUT2D eigenvalue weighted by Gasteiger charge is 2.22. The first-order valence-electron chi connectivity index (χ1n) is 4.85. The summed E-state index contributed by atoms with van der Waals surface area (Å²) in [6, 6.07) is 2.51. The fourth-order valence-corrected chi connectivity index (χ4v) is 2.94. The lowest BCUT2D eigenvalue weighted by Crippen LogP contribution is -2.06. The summed E-state index contributed by atoms with van der Waals surface area (Å²) >= 11 is 4.30. The Kier molecular flexibility index (Phi) is 3.59. The van der Waals surface area contributed by atoms with Crippen molar-refractivity contribution in [2.24, 2.45) is 0 Å². The van der Waals surface area contributed by atoms with Crippen molar-refractivity contribution >= 4 is 33.0 Å². The van der Waals surface area contributed by atoms with Gasteiger partial charge in [0.05, 0.1) is 14.2 Å². The van der Waals surface area contributed by atoms with Gasteiger partial charge in [-0.2, -0.15) is 0 Å². The molecule has 0 aliphatic carbocycles. The maximum Gasteiger partial charge on any atom is 0.208 e. The Hall–Kier alpha value is -1.14. The van der Waals surface area contributed by atoms with Crippen LogP contribution in [0.5, 0.6) is 0 Å². The Morgan fingerprint density at radius 1 is 1.17 bits per heavy atom. The van der Waals surface area contributed by atoms with E-state index in [0.29, 0.717) is 15.9 Å². The molecular weight excluding hydrogens is 329 g/mol. The van der Waals surface area contributed by atoms with Gasteiger partial charge in [-0.25, -0.2) is 13.2 Å². The Morgan fingerprint density at radius 2 is 1.72 bits per heavy atom. The van der Waals surface area contributed by atoms with E-state index in [0.717, 1.165) is 16.9 Å². The van der Waals surface area contributed by atoms with Gasteiger partial charge in [-0.3, -0.25) is 4.79 Å². The molecule has 0 bridgehead atoms. The molecule has 0 aliphatic rings. The van der Waals surface area contributed by atoms with Crippen LogP contribution >= 0.6 is 27.3 Å². The van der Waals surface area contributed by atoms with Crippen molar-refractivity contribution in [3.05, 3.63) is 55.4 Å². The molecule has 0 saturated heterocycles. The third-order valence-electron chi connectivity index (χ3n) is 2.31. The third-order valence-corrected chi connectivity index (χ3v) is 4.45. The summed E-state index contributed by atoms with van der Waals surface area (Å²) in [5.41, 5.74) is 0.0661. The standard InChI is InChI=1S/C12H6BrF3OS/c1-5-2-9(18-12(5)13)11(17)10-7(15)3-6(14)4-8(10)16/h2-4H,1H3. The van der Waals surface area contributed by atoms with Crippen LogP contribution in [0.4, 0.5) is 13.2 Å². The number of benzene rings is 1. The van der Waals surface area contributed by atoms with Crippen molar-refractivity contribution < 1.29 is 18.0 Å². The molecule has 94 valence electrons. The van der Waals surface area contributed by atoms with Crippen molar-refractivity contribution in [2.45, 2.75) is 6.92 Å². The lowest BCUT2D eigenvalue weighted by Gasteiger charge is -2.02. The van der Waals surface area contributed by atoms with Crippen LogP contribution < -0.4 is 0 Å². The SMILES string of the molecule is Cc1cc(C(=O)c2c(F)cc(F)cc2F)sc1Br. The number of hydrogen-bond donors (Lipinski definition) is 0. The highest BCUT2D eigenvalue weighted by molar-refractivity contribution is 9.11. The molecule has 1 aromatic heterocycles. The molecule has 0 fully saturated rings. The van der Waals surface area contributed by atoms with E-state index in [9.17, 15) is 18.0 Å². The number of thiophene rings is 1. The van der Waals surface area contributed by atoms with Gasteiger partial charge in [0.1, 0.15) is 17.5 Å². The second-order valence-corrected chi connectivity index (χ2v) is 6.01. The van der Waals surface area contributed by atoms with Crippen molar-refractivity contribution in [2.75, 3.05) is 0 Å². The largest absolute Gasteiger partial charge is 0.287 e. The summed E-state index contributed by atoms with van der Waals surface area (Å²) < 4.78 is 40.4. The minimum atomic E-state index is -1.19. The van der Waals surface area contributed by atoms with E-state index in [2.05, 4.69) is 15.9 Å². The minimum Gasteiger partial charge on any atom is -0.287 e. The zero-order valence-electron chi connectivity index (χ0n) is 9.06. The quantitative estimate of drug-likeness (QED) is 0.740. The molecule has 0 aliphatic heterocycles. The molecule has 0 atom stereocenters. The number of carbonyl (C=O) groups is 1. The van der Waals surface area contributed by atoms with Gasteiger partial charge in [0.25, 0.3) is 0 Å². The molecule has 6 heteroatoms. The number of rotatable bonds is 2. The molecule has 2 rings (SSSR count). The smallest absolute Gasteiger partial charge is 0.208 e. The molecule has 0 N–H and O–H groups in total. The number of halogens is 4. The van der Waals surface area contributed by atoms with Gasteiger partial charge in [-0.15, -0.1) is 11.3 Å². The molecule has 0 saturated carbocycles. The monoisotopic (exact) mass is 334 g/mol. The Balaban J connectivity index is 2.52. The number of carbonyl (C=O) groups excluding carboxylic acids is 1. The summed E-state index contributed by atoms with van der Waals surface area (Å²) in [5.74, 6) is -4.23. The van der Waals surface area contributed by atoms with Gasteiger partial charge >= 0.3 is 0 Å². The van der Waals surface area contributed by atoms with Gasteiger partial charge in [-0.05, 0) is 34.5 Å². The van der Waals surface area contributed by atoms with Gasteiger partial charge in [-0.1, -0.05) is 0 Å². The molecular formula is C12H6BrF3OS. The maximum atomic E-state index is 13.4. The zero-order chi connectivity index (χ0) is 13.4. The second-order valence-electron chi connectivity index (χ2n) is 3.64. The van der Waals surface area contributed by atoms with Gasteiger partial charge in [0, 0.05) is 12.1 Å². The van der Waals surface area contributed by atoms with E-state index in [-0.39, 0.29) is 4.88 Å². The fourth-order valence-electron chi connectivity index (χ4n) is 1.45. The summed E-state index contributed by atoms with van der Waals surface area (Å²) in [6.45, 7) is 1.76. The normalized spacial score (nSPS) is 10.7. The first-order chi connectivity index (χ1) is 8.40. The van der Waals surface area contributed by atoms with Crippen LogP contribution in [-0.4, -0.2) is 5.78 Å². The zero-order valence-corrected chi connectivity index (χ0v) is 11.5. The van der Waals surface area contributed by atoms with E-state index in [1.54, 1.807) is 6.92 Å². The molecule has 1 aromatic carbocycles. The first-order valence-corrected chi connectivity index (χ1v) is 6.46. The highest BCUT2D eigenvalue weighted by Crippen LogP contribution is 2.30. The first kappa shape index (κ1) is 13.3. The Morgan fingerprint density at radius 3 is 2.17 bits per heavy atom. The molecule has 0 unspecified atom stereocenters. The fraction of sp³-hybridized carbons (Fsp3) is 0.0833. The van der Waals surface area contributed by atoms with Crippen molar-refractivity contribution in [1.82, 2.24) is 0 Å².